The van der Waals surface area contributed by atoms with Gasteiger partial charge in [0.1, 0.15) is 5.82 Å². The van der Waals surface area contributed by atoms with Gasteiger partial charge >= 0.3 is 0 Å². The van der Waals surface area contributed by atoms with Crippen LogP contribution in [0.4, 0.5) is 0 Å². The van der Waals surface area contributed by atoms with Crippen LogP contribution in [0.1, 0.15) is 230 Å². The molecule has 0 aliphatic carbocycles. The Bertz CT molecular complexity index is 1490. The largest absolute Gasteiger partial charge is 0.337 e. The Morgan fingerprint density at radius 2 is 0.695 bits per heavy atom. The lowest BCUT2D eigenvalue weighted by Gasteiger charge is -2.07. The van der Waals surface area contributed by atoms with E-state index in [0.717, 1.165) is 23.6 Å². The molecule has 2 nitrogen and oxygen atoms in total. The number of aromatic nitrogens is 2. The van der Waals surface area contributed by atoms with E-state index in [1.165, 1.54) is 239 Å². The molecule has 0 spiro atoms. The van der Waals surface area contributed by atoms with E-state index in [0.29, 0.717) is 0 Å². The van der Waals surface area contributed by atoms with Crippen molar-refractivity contribution in [1.29, 1.82) is 0 Å². The zero-order chi connectivity index (χ0) is 41.4. The average Bonchev–Trinajstić information content (AvgIpc) is 3.72. The average molecular weight is 801 g/mol. The Balaban J connectivity index is 1.35. The fraction of sp³-hybridized carbons (Fsp3) is 0.632. The fourth-order valence-electron chi connectivity index (χ4n) is 8.92. The number of hydrogen-bond donors (Lipinski definition) is 1. The second kappa shape index (κ2) is 31.7. The maximum Gasteiger partial charge on any atom is 0.138 e. The molecule has 1 N–H and O–H groups in total. The molecule has 1 heterocycles. The third-order valence-electron chi connectivity index (χ3n) is 12.8. The highest BCUT2D eigenvalue weighted by molar-refractivity contribution is 5.81. The maximum absolute atomic E-state index is 5.35. The number of nitrogens with zero attached hydrogens (tertiary/aromatic N) is 1. The van der Waals surface area contributed by atoms with E-state index < -0.39 is 0 Å². The van der Waals surface area contributed by atoms with Gasteiger partial charge in [-0.15, -0.1) is 0 Å². The molecule has 2 heteroatoms. The first-order valence-electron chi connectivity index (χ1n) is 25.6. The summed E-state index contributed by atoms with van der Waals surface area (Å²) in [5, 5.41) is 0. The summed E-state index contributed by atoms with van der Waals surface area (Å²) in [6.45, 7) is 6.91. The van der Waals surface area contributed by atoms with E-state index in [1.54, 1.807) is 0 Å². The summed E-state index contributed by atoms with van der Waals surface area (Å²) >= 11 is 0. The molecule has 0 saturated carbocycles. The molecule has 0 saturated heterocycles. The van der Waals surface area contributed by atoms with Crippen molar-refractivity contribution in [3.05, 3.63) is 89.5 Å². The van der Waals surface area contributed by atoms with E-state index in [4.69, 9.17) is 4.98 Å². The van der Waals surface area contributed by atoms with Gasteiger partial charge in [-0.1, -0.05) is 261 Å². The van der Waals surface area contributed by atoms with Gasteiger partial charge in [-0.25, -0.2) is 4.98 Å². The first-order chi connectivity index (χ1) is 29.2. The van der Waals surface area contributed by atoms with Crippen molar-refractivity contribution in [2.75, 3.05) is 0 Å². The van der Waals surface area contributed by atoms with Gasteiger partial charge in [0, 0.05) is 16.7 Å². The van der Waals surface area contributed by atoms with Crippen LogP contribution < -0.4 is 0 Å². The predicted octanol–water partition coefficient (Wildman–Crippen LogP) is 18.8. The van der Waals surface area contributed by atoms with Gasteiger partial charge in [0.25, 0.3) is 0 Å². The third-order valence-corrected chi connectivity index (χ3v) is 12.8. The van der Waals surface area contributed by atoms with Crippen LogP contribution in [0.2, 0.25) is 0 Å². The molecule has 0 aliphatic heterocycles. The molecule has 3 aromatic carbocycles. The minimum Gasteiger partial charge on any atom is -0.337 e. The van der Waals surface area contributed by atoms with Crippen LogP contribution in [0.25, 0.3) is 33.9 Å². The molecule has 0 fully saturated rings. The number of H-pyrrole nitrogens is 1. The van der Waals surface area contributed by atoms with Gasteiger partial charge in [0.05, 0.1) is 11.4 Å². The third kappa shape index (κ3) is 20.3. The smallest absolute Gasteiger partial charge is 0.138 e. The normalized spacial score (nSPS) is 11.5. The molecule has 0 atom stereocenters. The highest BCUT2D eigenvalue weighted by atomic mass is 14.9. The van der Waals surface area contributed by atoms with Crippen LogP contribution in [0, 0.1) is 0 Å². The molecule has 0 unspecified atom stereocenters. The summed E-state index contributed by atoms with van der Waals surface area (Å²) in [4.78, 5) is 9.19. The van der Waals surface area contributed by atoms with Crippen LogP contribution in [-0.2, 0) is 19.3 Å². The van der Waals surface area contributed by atoms with E-state index in [1.807, 2.05) is 0 Å². The number of aryl methyl sites for hydroxylation is 3. The molecule has 0 bridgehead atoms. The van der Waals surface area contributed by atoms with Gasteiger partial charge in [0.2, 0.25) is 0 Å². The zero-order valence-corrected chi connectivity index (χ0v) is 38.7. The summed E-state index contributed by atoms with van der Waals surface area (Å²) in [5.74, 6) is 0.976. The highest BCUT2D eigenvalue weighted by Crippen LogP contribution is 2.34. The maximum atomic E-state index is 5.35. The Hall–Kier alpha value is -3.13. The molecular formula is C57H88N2. The molecule has 326 valence electrons. The molecule has 4 aromatic rings. The number of benzene rings is 3. The quantitative estimate of drug-likeness (QED) is 0.0456. The van der Waals surface area contributed by atoms with Crippen LogP contribution in [0.15, 0.2) is 72.8 Å². The number of imidazole rings is 1. The van der Waals surface area contributed by atoms with Crippen molar-refractivity contribution in [2.24, 2.45) is 0 Å². The van der Waals surface area contributed by atoms with E-state index in [9.17, 15) is 0 Å². The molecule has 0 radical (unpaired) electrons. The van der Waals surface area contributed by atoms with Crippen LogP contribution >= 0.6 is 0 Å². The Kier molecular flexibility index (Phi) is 26.1. The zero-order valence-electron chi connectivity index (χ0n) is 38.7. The highest BCUT2D eigenvalue weighted by Gasteiger charge is 2.16. The van der Waals surface area contributed by atoms with Crippen LogP contribution in [-0.4, -0.2) is 9.97 Å². The van der Waals surface area contributed by atoms with Crippen molar-refractivity contribution in [2.45, 2.75) is 233 Å². The lowest BCUT2D eigenvalue weighted by atomic mass is 9.99. The number of hydrogen-bond acceptors (Lipinski definition) is 1. The topological polar surface area (TPSA) is 28.7 Å². The summed E-state index contributed by atoms with van der Waals surface area (Å²) in [7, 11) is 0. The summed E-state index contributed by atoms with van der Waals surface area (Å²) in [6.07, 6.45) is 44.9. The SMILES string of the molecule is CCCCCCCCCCCCc1ccc(-c2nc(-c3cccc(CCCCCCCCCCCC)c3)[nH]c2-c2ccc(CCCCCCCCCCCC)cc2)cc1. The Morgan fingerprint density at radius 1 is 0.339 bits per heavy atom. The number of aromatic amines is 1. The Labute approximate surface area is 364 Å². The summed E-state index contributed by atoms with van der Waals surface area (Å²) < 4.78 is 0. The second-order valence-electron chi connectivity index (χ2n) is 18.2. The monoisotopic (exact) mass is 801 g/mol. The van der Waals surface area contributed by atoms with Gasteiger partial charge in [-0.05, 0) is 61.3 Å². The first kappa shape index (κ1) is 48.5. The van der Waals surface area contributed by atoms with Gasteiger partial charge < -0.3 is 4.98 Å². The van der Waals surface area contributed by atoms with Gasteiger partial charge in [0.15, 0.2) is 0 Å². The molecule has 1 aromatic heterocycles. The van der Waals surface area contributed by atoms with E-state index in [-0.39, 0.29) is 0 Å². The van der Waals surface area contributed by atoms with E-state index >= 15 is 0 Å². The molecule has 4 rings (SSSR count). The lowest BCUT2D eigenvalue weighted by molar-refractivity contribution is 0.556. The molecule has 0 amide bonds. The number of nitrogens with one attached hydrogen (secondary N) is 1. The van der Waals surface area contributed by atoms with Crippen LogP contribution in [0.3, 0.4) is 0 Å². The minimum absolute atomic E-state index is 0.976. The fourth-order valence-corrected chi connectivity index (χ4v) is 8.92. The minimum atomic E-state index is 0.976. The Morgan fingerprint density at radius 3 is 1.10 bits per heavy atom. The molecule has 0 aliphatic rings. The van der Waals surface area contributed by atoms with Crippen molar-refractivity contribution >= 4 is 0 Å². The van der Waals surface area contributed by atoms with Crippen LogP contribution in [0.5, 0.6) is 0 Å². The summed E-state index contributed by atoms with van der Waals surface area (Å²) in [5.41, 5.74) is 10.1. The van der Waals surface area contributed by atoms with Crippen molar-refractivity contribution in [1.82, 2.24) is 9.97 Å². The number of unbranched alkanes of at least 4 members (excludes halogenated alkanes) is 27. The number of rotatable bonds is 36. The van der Waals surface area contributed by atoms with Crippen molar-refractivity contribution in [3.8, 4) is 33.9 Å². The van der Waals surface area contributed by atoms with Crippen molar-refractivity contribution in [3.63, 3.8) is 0 Å². The second-order valence-corrected chi connectivity index (χ2v) is 18.2. The molecular weight excluding hydrogens is 713 g/mol. The molecule has 59 heavy (non-hydrogen) atoms. The standard InChI is InChI=1S/C57H88N2/c1-4-7-10-13-16-19-22-25-28-31-35-49-40-44-52(45-41-49)55-56(53-46-42-50(43-47-53)36-32-29-26-23-20-17-14-11-8-5-2)59-57(58-55)54-39-34-38-51(48-54)37-33-30-27-24-21-18-15-12-9-6-3/h34,38-48H,4-33,35-37H2,1-3H3,(H,58,59). The van der Waals surface area contributed by atoms with Gasteiger partial charge in [-0.3, -0.25) is 0 Å². The summed E-state index contributed by atoms with van der Waals surface area (Å²) in [6, 6.07) is 27.9. The first-order valence-corrected chi connectivity index (χ1v) is 25.6. The lowest BCUT2D eigenvalue weighted by Crippen LogP contribution is -1.90. The van der Waals surface area contributed by atoms with Gasteiger partial charge in [-0.2, -0.15) is 0 Å². The van der Waals surface area contributed by atoms with Crippen molar-refractivity contribution < 1.29 is 0 Å². The van der Waals surface area contributed by atoms with E-state index in [2.05, 4.69) is 98.6 Å². The predicted molar refractivity (Wildman–Crippen MR) is 262 cm³/mol.